The summed E-state index contributed by atoms with van der Waals surface area (Å²) in [4.78, 5) is 158. The molecule has 31 heteroatoms. The number of nitro benzene ring substituents is 1. The molecule has 0 saturated carbocycles. The lowest BCUT2D eigenvalue weighted by atomic mass is 9.93. The van der Waals surface area contributed by atoms with Crippen LogP contribution in [0.3, 0.4) is 0 Å². The largest absolute Gasteiger partial charge is 0.461 e. The van der Waals surface area contributed by atoms with Gasteiger partial charge in [-0.2, -0.15) is 0 Å². The fourth-order valence-electron chi connectivity index (χ4n) is 13.3. The van der Waals surface area contributed by atoms with Crippen molar-refractivity contribution in [3.8, 4) is 0 Å². The van der Waals surface area contributed by atoms with Crippen molar-refractivity contribution in [1.82, 2.24) is 35.3 Å². The third-order valence-electron chi connectivity index (χ3n) is 20.6. The molecule has 0 aromatic heterocycles. The number of non-ortho nitro benzene ring substituents is 1. The van der Waals surface area contributed by atoms with E-state index >= 15 is 4.57 Å². The maximum absolute atomic E-state index is 15.2. The maximum atomic E-state index is 15.2. The summed E-state index contributed by atoms with van der Waals surface area (Å²) >= 11 is 0. The van der Waals surface area contributed by atoms with E-state index in [1.54, 1.807) is 146 Å². The van der Waals surface area contributed by atoms with E-state index in [2.05, 4.69) is 15.7 Å². The molecule has 0 radical (unpaired) electrons. The molecular weight excluding hydrogens is 1650 g/mol. The number of esters is 7. The van der Waals surface area contributed by atoms with E-state index in [0.29, 0.717) is 86.6 Å². The Hall–Kier alpha value is -12.8. The first-order chi connectivity index (χ1) is 61.7. The molecule has 0 aliphatic carbocycles. The lowest BCUT2D eigenvalue weighted by Gasteiger charge is -2.33. The number of carbonyl (C=O) groups excluding carboxylic acids is 10. The Morgan fingerprint density at radius 1 is 0.354 bits per heavy atom. The van der Waals surface area contributed by atoms with Crippen LogP contribution in [0.1, 0.15) is 99.0 Å². The van der Waals surface area contributed by atoms with E-state index in [-0.39, 0.29) is 115 Å². The first-order valence-corrected chi connectivity index (χ1v) is 43.6. The molecule has 4 unspecified atom stereocenters. The normalized spacial score (nSPS) is 14.1. The van der Waals surface area contributed by atoms with Crippen molar-refractivity contribution in [2.75, 3.05) is 91.7 Å². The minimum absolute atomic E-state index is 0.0491. The molecule has 4 atom stereocenters. The molecule has 0 bridgehead atoms. The Balaban J connectivity index is 0.786. The number of Topliss-reactive ketones (excluding diaryl/α,β-unsaturated/α-hetero) is 1. The maximum Gasteiger partial charge on any atom is 0.406 e. The lowest BCUT2D eigenvalue weighted by molar-refractivity contribution is -0.384. The quantitative estimate of drug-likeness (QED) is 0.00796. The molecule has 10 rings (SSSR count). The van der Waals surface area contributed by atoms with E-state index < -0.39 is 117 Å². The zero-order chi connectivity index (χ0) is 89.6. The second kappa shape index (κ2) is 52.9. The summed E-state index contributed by atoms with van der Waals surface area (Å²) in [6.45, 7) is 0.999. The predicted molar refractivity (Wildman–Crippen MR) is 468 cm³/mol. The molecule has 9 aromatic carbocycles. The van der Waals surface area contributed by atoms with Gasteiger partial charge in [0.05, 0.1) is 50.2 Å². The number of benzene rings is 9. The summed E-state index contributed by atoms with van der Waals surface area (Å²) in [6, 6.07) is 71.7. The van der Waals surface area contributed by atoms with Crippen LogP contribution < -0.4 is 15.7 Å². The number of nitrogens with zero attached hydrogens (tertiary/aromatic N) is 5. The summed E-state index contributed by atoms with van der Waals surface area (Å²) in [5, 5.41) is 19.9. The second-order valence-corrected chi connectivity index (χ2v) is 32.1. The molecule has 668 valence electrons. The van der Waals surface area contributed by atoms with Gasteiger partial charge in [0.25, 0.3) is 5.69 Å². The van der Waals surface area contributed by atoms with Crippen LogP contribution in [-0.2, 0) is 149 Å². The second-order valence-electron chi connectivity index (χ2n) is 30.3. The van der Waals surface area contributed by atoms with Gasteiger partial charge in [-0.05, 0) is 81.5 Å². The minimum Gasteiger partial charge on any atom is -0.461 e. The number of amides is 2. The molecule has 1 aliphatic rings. The highest BCUT2D eigenvalue weighted by Crippen LogP contribution is 2.46. The minimum atomic E-state index is -4.82. The monoisotopic (exact) mass is 1750 g/mol. The number of nitrogens with one attached hydrogen (secondary N) is 3. The van der Waals surface area contributed by atoms with Crippen LogP contribution in [0.4, 0.5) is 5.69 Å². The van der Waals surface area contributed by atoms with Gasteiger partial charge in [-0.25, -0.2) is 14.4 Å². The average Bonchev–Trinajstić information content (AvgIpc) is 0.850. The van der Waals surface area contributed by atoms with Crippen LogP contribution in [0.15, 0.2) is 261 Å². The number of carbonyl (C=O) groups is 10. The van der Waals surface area contributed by atoms with Crippen LogP contribution >= 0.6 is 7.75 Å². The molecule has 127 heavy (non-hydrogen) atoms. The van der Waals surface area contributed by atoms with Gasteiger partial charge in [0.15, 0.2) is 5.78 Å². The molecule has 1 aliphatic heterocycles. The smallest absolute Gasteiger partial charge is 0.406 e. The Bertz CT molecular complexity index is 4930. The molecule has 1 fully saturated rings. The Labute approximate surface area is 738 Å². The van der Waals surface area contributed by atoms with Crippen molar-refractivity contribution in [2.24, 2.45) is 5.92 Å². The summed E-state index contributed by atoms with van der Waals surface area (Å²) in [5.74, 6) is -7.48. The Kier molecular flexibility index (Phi) is 40.2. The number of rotatable bonds is 48. The van der Waals surface area contributed by atoms with E-state index in [9.17, 15) is 58.1 Å². The molecular formula is C96H107N8O22P. The zero-order valence-corrected chi connectivity index (χ0v) is 71.6. The molecule has 9 aromatic rings. The number of ketones is 1. The van der Waals surface area contributed by atoms with Gasteiger partial charge in [0, 0.05) is 102 Å². The van der Waals surface area contributed by atoms with Crippen molar-refractivity contribution in [3.05, 3.63) is 327 Å². The van der Waals surface area contributed by atoms with Crippen LogP contribution in [0.25, 0.3) is 0 Å². The number of ether oxygens (including phenoxy) is 7. The third-order valence-corrected chi connectivity index (χ3v) is 22.2. The standard InChI is InChI=1S/C96H107N8O22P/c105-87(82-40-36-73(37-41-82)48-50-97-89(107)61-100-51-53-101(62-91(109)119-66-75-24-10-2-11-25-75)55-57-103(64-93(111)121-68-77-28-14-4-15-29-77)58-56-102(54-52-100)63-92(110)120-67-76-26-12-3-13-27-76)60-83(94(112)122-69-78-30-16-5-17-31-78)42-46-88(106)98-85(95(113)123-70-79-32-18-6-19-33-79)49-59-125-127(117,126-72-81-38-43-84(44-39-81)104(115)116)99-86(96(114)124-71-80-34-20-7-21-35-80)45-47-90(108)118-65-74-22-8-1-9-23-74/h1-41,43-44,83,85-86H,42,45-72H2,(H,97,107)(H,98,106)(H,99,117). The topological polar surface area (TPSA) is 363 Å². The highest BCUT2D eigenvalue weighted by Gasteiger charge is 2.36. The Morgan fingerprint density at radius 2 is 0.701 bits per heavy atom. The Morgan fingerprint density at radius 3 is 1.09 bits per heavy atom. The van der Waals surface area contributed by atoms with Crippen LogP contribution in [0.5, 0.6) is 0 Å². The highest BCUT2D eigenvalue weighted by molar-refractivity contribution is 7.51. The van der Waals surface area contributed by atoms with Gasteiger partial charge in [-0.15, -0.1) is 0 Å². The van der Waals surface area contributed by atoms with Gasteiger partial charge in [0.2, 0.25) is 11.8 Å². The highest BCUT2D eigenvalue weighted by atomic mass is 31.2. The zero-order valence-electron chi connectivity index (χ0n) is 70.7. The van der Waals surface area contributed by atoms with Gasteiger partial charge in [0.1, 0.15) is 58.3 Å². The molecule has 2 amide bonds. The van der Waals surface area contributed by atoms with Crippen LogP contribution in [0.2, 0.25) is 0 Å². The van der Waals surface area contributed by atoms with E-state index in [1.165, 1.54) is 24.3 Å². The van der Waals surface area contributed by atoms with E-state index in [0.717, 1.165) is 22.3 Å². The SMILES string of the molecule is O=C(CN1CCN(CC(=O)OCc2ccccc2)CCN(CC(=O)OCc2ccccc2)CCN(CC(=O)OCc2ccccc2)CC1)NCCc1ccc(C(=O)CC(CCC(=O)NC(CCOP(=O)(NC(CCC(=O)OCc2ccccc2)C(=O)OCc2ccccc2)OCc2ccc([N+](=O)[O-])cc2)C(=O)OCc2ccccc2)C(=O)OCc2ccccc2)cc1. The van der Waals surface area contributed by atoms with Crippen molar-refractivity contribution in [2.45, 2.75) is 110 Å². The van der Waals surface area contributed by atoms with Crippen molar-refractivity contribution >= 4 is 72.8 Å². The first kappa shape index (κ1) is 96.4. The molecule has 1 heterocycles. The van der Waals surface area contributed by atoms with Crippen molar-refractivity contribution in [1.29, 1.82) is 0 Å². The van der Waals surface area contributed by atoms with Gasteiger partial charge >= 0.3 is 49.5 Å². The number of hydrogen-bond acceptors (Lipinski definition) is 26. The third kappa shape index (κ3) is 36.4. The first-order valence-electron chi connectivity index (χ1n) is 42.1. The van der Waals surface area contributed by atoms with E-state index in [1.807, 2.05) is 111 Å². The van der Waals surface area contributed by atoms with Crippen LogP contribution in [-0.4, -0.2) is 188 Å². The summed E-state index contributed by atoms with van der Waals surface area (Å²) in [5.41, 5.74) is 6.09. The molecule has 3 N–H and O–H groups in total. The summed E-state index contributed by atoms with van der Waals surface area (Å²) < 4.78 is 67.0. The fraction of sp³-hybridized carbons (Fsp3) is 0.333. The van der Waals surface area contributed by atoms with Gasteiger partial charge in [-0.3, -0.25) is 81.9 Å². The van der Waals surface area contributed by atoms with Crippen molar-refractivity contribution in [3.63, 3.8) is 0 Å². The number of nitro groups is 1. The van der Waals surface area contributed by atoms with Gasteiger partial charge < -0.3 is 43.8 Å². The van der Waals surface area contributed by atoms with Gasteiger partial charge in [-0.1, -0.05) is 237 Å². The summed E-state index contributed by atoms with van der Waals surface area (Å²) in [6.07, 6.45) is -1.93. The van der Waals surface area contributed by atoms with Crippen LogP contribution in [0, 0.1) is 16.0 Å². The average molecular weight is 1760 g/mol. The molecule has 30 nitrogen and oxygen atoms in total. The predicted octanol–water partition coefficient (Wildman–Crippen LogP) is 11.6. The molecule has 1 saturated heterocycles. The van der Waals surface area contributed by atoms with E-state index in [4.69, 9.17) is 42.2 Å². The lowest BCUT2D eigenvalue weighted by Crippen LogP contribution is -2.50. The fourth-order valence-corrected chi connectivity index (χ4v) is 14.8. The summed E-state index contributed by atoms with van der Waals surface area (Å²) in [7, 11) is -4.82. The molecule has 0 spiro atoms. The van der Waals surface area contributed by atoms with Crippen molar-refractivity contribution < 1.29 is 99.6 Å². The number of hydrogen-bond donors (Lipinski definition) is 3.